The van der Waals surface area contributed by atoms with Gasteiger partial charge in [0, 0.05) is 24.6 Å². The van der Waals surface area contributed by atoms with Gasteiger partial charge in [-0.3, -0.25) is 14.7 Å². The van der Waals surface area contributed by atoms with Crippen molar-refractivity contribution in [3.63, 3.8) is 0 Å². The minimum absolute atomic E-state index is 0.0502. The molecule has 1 N–H and O–H groups in total. The van der Waals surface area contributed by atoms with Crippen LogP contribution in [0, 0.1) is 0 Å². The Bertz CT molecular complexity index is 1070. The summed E-state index contributed by atoms with van der Waals surface area (Å²) in [5, 5.41) is 2.82. The Morgan fingerprint density at radius 3 is 2.39 bits per heavy atom. The number of ether oxygens (including phenoxy) is 1. The molecular weight excluding hydrogens is 410 g/mol. The van der Waals surface area contributed by atoms with Gasteiger partial charge in [0.15, 0.2) is 0 Å². The summed E-state index contributed by atoms with van der Waals surface area (Å²) in [4.78, 5) is 18.5. The molecule has 1 fully saturated rings. The number of aromatic nitrogens is 1. The van der Waals surface area contributed by atoms with Crippen LogP contribution in [-0.4, -0.2) is 36.0 Å². The molecule has 0 unspecified atom stereocenters. The van der Waals surface area contributed by atoms with E-state index in [9.17, 15) is 4.79 Å². The molecule has 0 saturated carbocycles. The summed E-state index contributed by atoms with van der Waals surface area (Å²) >= 11 is 0. The number of methoxy groups -OCH3 is 1. The Morgan fingerprint density at radius 1 is 1.06 bits per heavy atom. The molecule has 0 bridgehead atoms. The molecule has 1 amide bonds. The van der Waals surface area contributed by atoms with Gasteiger partial charge in [0.2, 0.25) is 5.91 Å². The molecule has 5 heteroatoms. The minimum Gasteiger partial charge on any atom is -0.495 e. The zero-order valence-electron chi connectivity index (χ0n) is 19.3. The molecule has 1 saturated heterocycles. The smallest absolute Gasteiger partial charge is 0.221 e. The molecule has 0 spiro atoms. The van der Waals surface area contributed by atoms with Crippen molar-refractivity contribution in [1.29, 1.82) is 0 Å². The van der Waals surface area contributed by atoms with Crippen molar-refractivity contribution in [2.24, 2.45) is 0 Å². The van der Waals surface area contributed by atoms with Gasteiger partial charge in [-0.25, -0.2) is 0 Å². The third-order valence-electron chi connectivity index (χ3n) is 6.31. The SMILES string of the molecule is COc1ccc(C2(C=Cc3ccccc3)CCN(Cc3ccc(NC(C)=O)cc3)CC2)nc1. The molecule has 1 aliphatic rings. The first-order valence-electron chi connectivity index (χ1n) is 11.4. The lowest BCUT2D eigenvalue weighted by Crippen LogP contribution is -2.41. The third-order valence-corrected chi connectivity index (χ3v) is 6.31. The molecule has 0 aliphatic carbocycles. The fourth-order valence-corrected chi connectivity index (χ4v) is 4.39. The van der Waals surface area contributed by atoms with Gasteiger partial charge in [0.1, 0.15) is 5.75 Å². The lowest BCUT2D eigenvalue weighted by Gasteiger charge is -2.40. The van der Waals surface area contributed by atoms with E-state index >= 15 is 0 Å². The van der Waals surface area contributed by atoms with Crippen LogP contribution in [0.15, 0.2) is 79.0 Å². The fraction of sp³-hybridized carbons (Fsp3) is 0.286. The average Bonchev–Trinajstić information content (AvgIpc) is 2.85. The Labute approximate surface area is 196 Å². The standard InChI is InChI=1S/C28H31N3O2/c1-22(32)30-25-10-8-24(9-11-25)21-31-18-16-28(17-19-31,15-14-23-6-4-3-5-7-23)27-13-12-26(33-2)20-29-27/h3-15,20H,16-19,21H2,1-2H3,(H,30,32). The highest BCUT2D eigenvalue weighted by molar-refractivity contribution is 5.88. The summed E-state index contributed by atoms with van der Waals surface area (Å²) in [6, 6.07) is 22.7. The molecule has 4 rings (SSSR count). The summed E-state index contributed by atoms with van der Waals surface area (Å²) in [5.41, 5.74) is 4.27. The number of pyridine rings is 1. The number of rotatable bonds is 7. The summed E-state index contributed by atoms with van der Waals surface area (Å²) in [7, 11) is 1.67. The first kappa shape index (κ1) is 22.7. The van der Waals surface area contributed by atoms with E-state index in [0.29, 0.717) is 0 Å². The number of allylic oxidation sites excluding steroid dienone is 1. The van der Waals surface area contributed by atoms with Crippen LogP contribution < -0.4 is 10.1 Å². The second-order valence-electron chi connectivity index (χ2n) is 8.64. The number of nitrogens with one attached hydrogen (secondary N) is 1. The Balaban J connectivity index is 1.48. The van der Waals surface area contributed by atoms with Crippen LogP contribution in [0.2, 0.25) is 0 Å². The van der Waals surface area contributed by atoms with Gasteiger partial charge < -0.3 is 10.1 Å². The van der Waals surface area contributed by atoms with Crippen molar-refractivity contribution in [2.45, 2.75) is 31.7 Å². The lowest BCUT2D eigenvalue weighted by molar-refractivity contribution is -0.114. The minimum atomic E-state index is -0.103. The van der Waals surface area contributed by atoms with Crippen LogP contribution in [0.4, 0.5) is 5.69 Å². The van der Waals surface area contributed by atoms with Crippen molar-refractivity contribution < 1.29 is 9.53 Å². The largest absolute Gasteiger partial charge is 0.495 e. The molecule has 1 aliphatic heterocycles. The van der Waals surface area contributed by atoms with Crippen LogP contribution in [-0.2, 0) is 16.8 Å². The number of carbonyl (C=O) groups is 1. The second kappa shape index (κ2) is 10.5. The van der Waals surface area contributed by atoms with E-state index in [-0.39, 0.29) is 11.3 Å². The number of hydrogen-bond acceptors (Lipinski definition) is 4. The van der Waals surface area contributed by atoms with E-state index in [2.05, 4.69) is 64.8 Å². The summed E-state index contributed by atoms with van der Waals surface area (Å²) < 4.78 is 5.32. The molecule has 2 heterocycles. The van der Waals surface area contributed by atoms with Crippen LogP contribution >= 0.6 is 0 Å². The van der Waals surface area contributed by atoms with E-state index in [1.807, 2.05) is 30.5 Å². The van der Waals surface area contributed by atoms with Gasteiger partial charge in [-0.2, -0.15) is 0 Å². The Hall–Kier alpha value is -3.44. The van der Waals surface area contributed by atoms with Crippen molar-refractivity contribution >= 4 is 17.7 Å². The zero-order valence-corrected chi connectivity index (χ0v) is 19.3. The predicted molar refractivity (Wildman–Crippen MR) is 133 cm³/mol. The van der Waals surface area contributed by atoms with Crippen molar-refractivity contribution in [1.82, 2.24) is 9.88 Å². The highest BCUT2D eigenvalue weighted by Gasteiger charge is 2.35. The van der Waals surface area contributed by atoms with Crippen LogP contribution in [0.1, 0.15) is 36.6 Å². The van der Waals surface area contributed by atoms with Crippen LogP contribution in [0.5, 0.6) is 5.75 Å². The van der Waals surface area contributed by atoms with Gasteiger partial charge in [-0.1, -0.05) is 54.6 Å². The van der Waals surface area contributed by atoms with Gasteiger partial charge in [-0.15, -0.1) is 0 Å². The number of anilines is 1. The topological polar surface area (TPSA) is 54.5 Å². The van der Waals surface area contributed by atoms with Crippen molar-refractivity contribution in [2.75, 3.05) is 25.5 Å². The normalized spacial score (nSPS) is 15.9. The number of carbonyl (C=O) groups excluding carboxylic acids is 1. The highest BCUT2D eigenvalue weighted by Crippen LogP contribution is 2.37. The van der Waals surface area contributed by atoms with Crippen molar-refractivity contribution in [3.8, 4) is 5.75 Å². The molecule has 2 aromatic carbocycles. The molecule has 170 valence electrons. The number of piperidine rings is 1. The predicted octanol–water partition coefficient (Wildman–Crippen LogP) is 5.30. The summed E-state index contributed by atoms with van der Waals surface area (Å²) in [6.07, 6.45) is 8.38. The van der Waals surface area contributed by atoms with E-state index in [1.165, 1.54) is 18.1 Å². The van der Waals surface area contributed by atoms with E-state index < -0.39 is 0 Å². The quantitative estimate of drug-likeness (QED) is 0.541. The van der Waals surface area contributed by atoms with Crippen LogP contribution in [0.3, 0.4) is 0 Å². The zero-order chi connectivity index (χ0) is 23.1. The number of nitrogens with zero attached hydrogens (tertiary/aromatic N) is 2. The van der Waals surface area contributed by atoms with Crippen molar-refractivity contribution in [3.05, 3.63) is 95.8 Å². The molecule has 0 radical (unpaired) electrons. The Kier molecular flexibility index (Phi) is 7.20. The number of likely N-dealkylation sites (tertiary alicyclic amines) is 1. The summed E-state index contributed by atoms with van der Waals surface area (Å²) in [5.74, 6) is 0.729. The first-order valence-corrected chi connectivity index (χ1v) is 11.4. The van der Waals surface area contributed by atoms with E-state index in [0.717, 1.165) is 49.6 Å². The lowest BCUT2D eigenvalue weighted by atomic mass is 9.74. The molecular formula is C28H31N3O2. The maximum absolute atomic E-state index is 11.2. The van der Waals surface area contributed by atoms with E-state index in [1.54, 1.807) is 7.11 Å². The third kappa shape index (κ3) is 5.88. The number of amides is 1. The first-order chi connectivity index (χ1) is 16.1. The fourth-order valence-electron chi connectivity index (χ4n) is 4.39. The monoisotopic (exact) mass is 441 g/mol. The Morgan fingerprint density at radius 2 is 1.79 bits per heavy atom. The maximum Gasteiger partial charge on any atom is 0.221 e. The van der Waals surface area contributed by atoms with E-state index in [4.69, 9.17) is 9.72 Å². The van der Waals surface area contributed by atoms with Crippen LogP contribution in [0.25, 0.3) is 6.08 Å². The number of benzene rings is 2. The second-order valence-corrected chi connectivity index (χ2v) is 8.64. The van der Waals surface area contributed by atoms with Gasteiger partial charge in [0.05, 0.1) is 19.0 Å². The van der Waals surface area contributed by atoms with Gasteiger partial charge >= 0.3 is 0 Å². The molecule has 33 heavy (non-hydrogen) atoms. The molecule has 0 atom stereocenters. The molecule has 5 nitrogen and oxygen atoms in total. The van der Waals surface area contributed by atoms with Gasteiger partial charge in [0.25, 0.3) is 0 Å². The highest BCUT2D eigenvalue weighted by atomic mass is 16.5. The molecule has 1 aromatic heterocycles. The summed E-state index contributed by atoms with van der Waals surface area (Å²) in [6.45, 7) is 4.40. The van der Waals surface area contributed by atoms with Gasteiger partial charge in [-0.05, 0) is 61.3 Å². The molecule has 3 aromatic rings. The maximum atomic E-state index is 11.2. The number of hydrogen-bond donors (Lipinski definition) is 1. The average molecular weight is 442 g/mol.